The first-order valence-electron chi connectivity index (χ1n) is 4.74. The van der Waals surface area contributed by atoms with Gasteiger partial charge in [0.15, 0.2) is 0 Å². The summed E-state index contributed by atoms with van der Waals surface area (Å²) in [5.41, 5.74) is 0.839. The fraction of sp³-hybridized carbons (Fsp3) is 0.667. The number of aliphatic hydroxyl groups excluding tert-OH is 2. The van der Waals surface area contributed by atoms with Gasteiger partial charge in [-0.1, -0.05) is 0 Å². The Labute approximate surface area is 96.1 Å². The van der Waals surface area contributed by atoms with Crippen LogP contribution < -0.4 is 0 Å². The van der Waals surface area contributed by atoms with Gasteiger partial charge in [0, 0.05) is 0 Å². The Morgan fingerprint density at radius 3 is 2.93 bits per heavy atom. The second-order valence-corrected chi connectivity index (χ2v) is 4.73. The minimum Gasteiger partial charge on any atom is -0.394 e. The van der Waals surface area contributed by atoms with Crippen LogP contribution in [0.1, 0.15) is 24.6 Å². The van der Waals surface area contributed by atoms with E-state index in [1.165, 1.54) is 0 Å². The van der Waals surface area contributed by atoms with Crippen LogP contribution in [-0.4, -0.2) is 26.6 Å². The molecule has 0 aliphatic heterocycles. The van der Waals surface area contributed by atoms with E-state index in [4.69, 9.17) is 5.11 Å². The molecule has 2 rings (SSSR count). The summed E-state index contributed by atoms with van der Waals surface area (Å²) in [6, 6.07) is 1.89. The van der Waals surface area contributed by atoms with Gasteiger partial charge in [-0.3, -0.25) is 4.68 Å². The highest BCUT2D eigenvalue weighted by Gasteiger charge is 2.33. The first kappa shape index (κ1) is 10.4. The Bertz CT molecular complexity index is 323. The molecule has 1 aliphatic rings. The average molecular weight is 308 g/mol. The van der Waals surface area contributed by atoms with Crippen LogP contribution in [-0.2, 0) is 6.54 Å². The molecule has 78 valence electrons. The number of aromatic nitrogens is 2. The van der Waals surface area contributed by atoms with Crippen LogP contribution in [0.5, 0.6) is 0 Å². The standard InChI is InChI=1S/C9H13IN2O2/c10-8-5-7(9(14)6-1-2-6)12(11-8)3-4-13/h5-6,9,13-14H,1-4H2. The zero-order valence-corrected chi connectivity index (χ0v) is 9.88. The molecule has 5 heteroatoms. The second kappa shape index (κ2) is 4.16. The van der Waals surface area contributed by atoms with E-state index >= 15 is 0 Å². The summed E-state index contributed by atoms with van der Waals surface area (Å²) in [7, 11) is 0. The van der Waals surface area contributed by atoms with E-state index in [9.17, 15) is 5.11 Å². The fourth-order valence-corrected chi connectivity index (χ4v) is 2.14. The van der Waals surface area contributed by atoms with Crippen LogP contribution >= 0.6 is 22.6 Å². The molecular weight excluding hydrogens is 295 g/mol. The van der Waals surface area contributed by atoms with Crippen molar-refractivity contribution in [1.29, 1.82) is 0 Å². The van der Waals surface area contributed by atoms with Crippen molar-refractivity contribution in [3.05, 3.63) is 15.5 Å². The lowest BCUT2D eigenvalue weighted by molar-refractivity contribution is 0.140. The van der Waals surface area contributed by atoms with Gasteiger partial charge in [-0.15, -0.1) is 0 Å². The normalized spacial score (nSPS) is 18.5. The molecule has 0 spiro atoms. The van der Waals surface area contributed by atoms with Gasteiger partial charge in [0.1, 0.15) is 3.70 Å². The molecular formula is C9H13IN2O2. The number of rotatable bonds is 4. The van der Waals surface area contributed by atoms with E-state index < -0.39 is 6.10 Å². The maximum atomic E-state index is 9.94. The number of aliphatic hydroxyl groups is 2. The van der Waals surface area contributed by atoms with E-state index in [0.29, 0.717) is 12.5 Å². The van der Waals surface area contributed by atoms with Crippen molar-refractivity contribution in [3.63, 3.8) is 0 Å². The van der Waals surface area contributed by atoms with Crippen molar-refractivity contribution in [2.24, 2.45) is 5.92 Å². The molecule has 1 saturated carbocycles. The molecule has 0 radical (unpaired) electrons. The SMILES string of the molecule is OCCn1nc(I)cc1C(O)C1CC1. The van der Waals surface area contributed by atoms with Gasteiger partial charge < -0.3 is 10.2 Å². The average Bonchev–Trinajstić information content (AvgIpc) is 2.91. The maximum absolute atomic E-state index is 9.94. The summed E-state index contributed by atoms with van der Waals surface area (Å²) in [4.78, 5) is 0. The predicted octanol–water partition coefficient (Wildman–Crippen LogP) is 0.923. The Hall–Kier alpha value is -0.140. The largest absolute Gasteiger partial charge is 0.394 e. The first-order valence-corrected chi connectivity index (χ1v) is 5.82. The van der Waals surface area contributed by atoms with Crippen LogP contribution in [0.15, 0.2) is 6.07 Å². The van der Waals surface area contributed by atoms with Crippen LogP contribution in [0.25, 0.3) is 0 Å². The van der Waals surface area contributed by atoms with Crippen molar-refractivity contribution >= 4 is 22.6 Å². The number of nitrogens with zero attached hydrogens (tertiary/aromatic N) is 2. The minimum atomic E-state index is -0.405. The summed E-state index contributed by atoms with van der Waals surface area (Å²) < 4.78 is 2.57. The summed E-state index contributed by atoms with van der Waals surface area (Å²) in [5, 5.41) is 23.0. The highest BCUT2D eigenvalue weighted by molar-refractivity contribution is 14.1. The molecule has 2 N–H and O–H groups in total. The van der Waals surface area contributed by atoms with Crippen molar-refractivity contribution < 1.29 is 10.2 Å². The molecule has 1 atom stereocenters. The van der Waals surface area contributed by atoms with E-state index in [2.05, 4.69) is 27.7 Å². The van der Waals surface area contributed by atoms with Gasteiger partial charge in [0.25, 0.3) is 0 Å². The highest BCUT2D eigenvalue weighted by Crippen LogP contribution is 2.40. The Morgan fingerprint density at radius 2 is 2.36 bits per heavy atom. The third-order valence-corrected chi connectivity index (χ3v) is 2.99. The fourth-order valence-electron chi connectivity index (χ4n) is 1.56. The molecule has 1 aliphatic carbocycles. The Balaban J connectivity index is 2.20. The zero-order chi connectivity index (χ0) is 10.1. The van der Waals surface area contributed by atoms with Gasteiger partial charge >= 0.3 is 0 Å². The van der Waals surface area contributed by atoms with Crippen LogP contribution in [0.4, 0.5) is 0 Å². The van der Waals surface area contributed by atoms with Crippen LogP contribution in [0, 0.1) is 9.62 Å². The zero-order valence-electron chi connectivity index (χ0n) is 7.73. The number of hydrogen-bond donors (Lipinski definition) is 2. The van der Waals surface area contributed by atoms with Crippen molar-refractivity contribution in [1.82, 2.24) is 9.78 Å². The summed E-state index contributed by atoms with van der Waals surface area (Å²) >= 11 is 2.12. The summed E-state index contributed by atoms with van der Waals surface area (Å²) in [6.45, 7) is 0.518. The highest BCUT2D eigenvalue weighted by atomic mass is 127. The molecule has 1 fully saturated rings. The molecule has 0 bridgehead atoms. The summed E-state index contributed by atoms with van der Waals surface area (Å²) in [5.74, 6) is 0.403. The molecule has 4 nitrogen and oxygen atoms in total. The van der Waals surface area contributed by atoms with Crippen LogP contribution in [0.2, 0.25) is 0 Å². The predicted molar refractivity (Wildman–Crippen MR) is 59.7 cm³/mol. The Kier molecular flexibility index (Phi) is 3.08. The lowest BCUT2D eigenvalue weighted by Crippen LogP contribution is -2.12. The number of hydrogen-bond acceptors (Lipinski definition) is 3. The molecule has 1 aromatic rings. The van der Waals surface area contributed by atoms with Gasteiger partial charge in [0.2, 0.25) is 0 Å². The Morgan fingerprint density at radius 1 is 1.64 bits per heavy atom. The van der Waals surface area contributed by atoms with E-state index in [0.717, 1.165) is 22.2 Å². The van der Waals surface area contributed by atoms with Gasteiger partial charge in [-0.05, 0) is 47.4 Å². The van der Waals surface area contributed by atoms with Gasteiger partial charge in [0.05, 0.1) is 24.9 Å². The molecule has 1 unspecified atom stereocenters. The molecule has 1 heterocycles. The minimum absolute atomic E-state index is 0.0577. The summed E-state index contributed by atoms with van der Waals surface area (Å²) in [6.07, 6.45) is 1.79. The molecule has 1 aromatic heterocycles. The van der Waals surface area contributed by atoms with Crippen molar-refractivity contribution in [3.8, 4) is 0 Å². The van der Waals surface area contributed by atoms with E-state index in [1.54, 1.807) is 4.68 Å². The second-order valence-electron chi connectivity index (χ2n) is 3.62. The van der Waals surface area contributed by atoms with Gasteiger partial charge in [-0.25, -0.2) is 0 Å². The topological polar surface area (TPSA) is 58.3 Å². The maximum Gasteiger partial charge on any atom is 0.123 e. The smallest absolute Gasteiger partial charge is 0.123 e. The van der Waals surface area contributed by atoms with Crippen molar-refractivity contribution in [2.45, 2.75) is 25.5 Å². The first-order chi connectivity index (χ1) is 6.72. The van der Waals surface area contributed by atoms with E-state index in [-0.39, 0.29) is 6.61 Å². The quantitative estimate of drug-likeness (QED) is 0.814. The third-order valence-electron chi connectivity index (χ3n) is 2.46. The molecule has 0 saturated heterocycles. The van der Waals surface area contributed by atoms with Crippen molar-refractivity contribution in [2.75, 3.05) is 6.61 Å². The van der Waals surface area contributed by atoms with Gasteiger partial charge in [-0.2, -0.15) is 5.10 Å². The monoisotopic (exact) mass is 308 g/mol. The molecule has 0 aromatic carbocycles. The lowest BCUT2D eigenvalue weighted by atomic mass is 10.1. The van der Waals surface area contributed by atoms with E-state index in [1.807, 2.05) is 6.07 Å². The van der Waals surface area contributed by atoms with Crippen LogP contribution in [0.3, 0.4) is 0 Å². The third kappa shape index (κ3) is 2.09. The lowest BCUT2D eigenvalue weighted by Gasteiger charge is -2.11. The molecule has 14 heavy (non-hydrogen) atoms. The molecule has 0 amide bonds. The number of halogens is 1.